The van der Waals surface area contributed by atoms with Crippen molar-refractivity contribution in [3.63, 3.8) is 0 Å². The first-order valence-electron chi connectivity index (χ1n) is 6.33. The van der Waals surface area contributed by atoms with E-state index in [1.165, 1.54) is 29.8 Å². The number of anilines is 1. The summed E-state index contributed by atoms with van der Waals surface area (Å²) in [6.07, 6.45) is 3.86. The Kier molecular flexibility index (Phi) is 2.98. The van der Waals surface area contributed by atoms with Crippen LogP contribution in [0.25, 0.3) is 20.7 Å². The maximum absolute atomic E-state index is 11.7. The van der Waals surface area contributed by atoms with E-state index in [1.807, 2.05) is 22.9 Å². The van der Waals surface area contributed by atoms with Gasteiger partial charge >= 0.3 is 0 Å². The highest BCUT2D eigenvalue weighted by atomic mass is 32.1. The Bertz CT molecular complexity index is 896. The number of thiophene rings is 2. The lowest BCUT2D eigenvalue weighted by molar-refractivity contribution is -0.135. The second kappa shape index (κ2) is 5.00. The van der Waals surface area contributed by atoms with E-state index in [0.29, 0.717) is 5.82 Å². The highest BCUT2D eigenvalue weighted by molar-refractivity contribution is 7.18. The zero-order valence-corrected chi connectivity index (χ0v) is 12.6. The molecule has 1 aliphatic heterocycles. The van der Waals surface area contributed by atoms with Crippen LogP contribution < -0.4 is 5.43 Å². The van der Waals surface area contributed by atoms with Crippen LogP contribution in [0, 0.1) is 0 Å². The predicted molar refractivity (Wildman–Crippen MR) is 85.3 cm³/mol. The molecule has 0 aromatic carbocycles. The number of hydrogen-bond acceptors (Lipinski definition) is 7. The molecule has 0 unspecified atom stereocenters. The lowest BCUT2D eigenvalue weighted by atomic mass is 10.2. The molecular formula is C14H8N4O2S2. The van der Waals surface area contributed by atoms with Crippen molar-refractivity contribution < 1.29 is 9.59 Å². The summed E-state index contributed by atoms with van der Waals surface area (Å²) < 4.78 is 0. The number of hydrazine groups is 1. The number of fused-ring (bicyclic) bond motifs is 1. The van der Waals surface area contributed by atoms with Gasteiger partial charge in [0, 0.05) is 28.0 Å². The van der Waals surface area contributed by atoms with E-state index in [4.69, 9.17) is 0 Å². The van der Waals surface area contributed by atoms with Crippen molar-refractivity contribution in [2.24, 2.45) is 0 Å². The number of rotatable bonds is 3. The largest absolute Gasteiger partial charge is 0.272 e. The van der Waals surface area contributed by atoms with Crippen molar-refractivity contribution in [3.8, 4) is 10.4 Å². The summed E-state index contributed by atoms with van der Waals surface area (Å²) in [4.78, 5) is 33.7. The van der Waals surface area contributed by atoms with Crippen LogP contribution >= 0.6 is 22.7 Å². The highest BCUT2D eigenvalue weighted by Gasteiger charge is 2.25. The normalized spacial score (nSPS) is 14.3. The average Bonchev–Trinajstić information content (AvgIpc) is 3.23. The maximum Gasteiger partial charge on any atom is 0.272 e. The summed E-state index contributed by atoms with van der Waals surface area (Å²) in [5.74, 6) is -0.380. The van der Waals surface area contributed by atoms with Gasteiger partial charge in [-0.1, -0.05) is 6.07 Å². The Labute approximate surface area is 132 Å². The molecule has 3 aromatic heterocycles. The second-order valence-electron chi connectivity index (χ2n) is 4.49. The number of amides is 2. The Morgan fingerprint density at radius 2 is 1.91 bits per heavy atom. The van der Waals surface area contributed by atoms with Crippen molar-refractivity contribution in [1.82, 2.24) is 15.0 Å². The first kappa shape index (κ1) is 13.1. The molecule has 0 radical (unpaired) electrons. The number of imide groups is 1. The van der Waals surface area contributed by atoms with Gasteiger partial charge < -0.3 is 0 Å². The summed E-state index contributed by atoms with van der Waals surface area (Å²) in [6.45, 7) is 0. The Balaban J connectivity index is 1.83. The fourth-order valence-corrected chi connectivity index (χ4v) is 3.92. The van der Waals surface area contributed by atoms with Crippen molar-refractivity contribution >= 4 is 50.5 Å². The first-order valence-corrected chi connectivity index (χ1v) is 8.09. The molecule has 4 heterocycles. The van der Waals surface area contributed by atoms with Crippen LogP contribution in [0.5, 0.6) is 0 Å². The number of carbonyl (C=O) groups is 2. The standard InChI is InChI=1S/C14H8N4O2S2/c19-10-3-4-11(20)18(10)17-13-12-8(9-2-1-5-21-9)6-22-14(12)16-7-15-13/h1-7H,(H,15,16,17). The summed E-state index contributed by atoms with van der Waals surface area (Å²) in [5.41, 5.74) is 3.79. The minimum absolute atomic E-state index is 0.412. The summed E-state index contributed by atoms with van der Waals surface area (Å²) in [5, 5.41) is 5.75. The number of aromatic nitrogens is 2. The number of carbonyl (C=O) groups excluding carboxylic acids is 2. The molecule has 0 aliphatic carbocycles. The summed E-state index contributed by atoms with van der Waals surface area (Å²) in [6, 6.07) is 3.98. The van der Waals surface area contributed by atoms with Crippen molar-refractivity contribution in [2.45, 2.75) is 0 Å². The van der Waals surface area contributed by atoms with Crippen LogP contribution in [0.2, 0.25) is 0 Å². The van der Waals surface area contributed by atoms with E-state index < -0.39 is 11.8 Å². The molecule has 0 spiro atoms. The fraction of sp³-hybridized carbons (Fsp3) is 0. The summed E-state index contributed by atoms with van der Waals surface area (Å²) >= 11 is 3.11. The number of nitrogens with zero attached hydrogens (tertiary/aromatic N) is 3. The van der Waals surface area contributed by atoms with Gasteiger partial charge in [-0.05, 0) is 11.4 Å². The van der Waals surface area contributed by atoms with Crippen LogP contribution in [0.3, 0.4) is 0 Å². The molecule has 8 heteroatoms. The smallest absolute Gasteiger partial charge is 0.271 e. The minimum Gasteiger partial charge on any atom is -0.271 e. The molecule has 1 aliphatic rings. The quantitative estimate of drug-likeness (QED) is 0.748. The number of nitrogens with one attached hydrogen (secondary N) is 1. The molecule has 4 rings (SSSR count). The monoisotopic (exact) mass is 328 g/mol. The van der Waals surface area contributed by atoms with E-state index in [-0.39, 0.29) is 0 Å². The number of hydrogen-bond donors (Lipinski definition) is 1. The minimum atomic E-state index is -0.412. The van der Waals surface area contributed by atoms with Gasteiger partial charge in [0.25, 0.3) is 11.8 Å². The lowest BCUT2D eigenvalue weighted by Crippen LogP contribution is -2.35. The third-order valence-electron chi connectivity index (χ3n) is 3.18. The van der Waals surface area contributed by atoms with Crippen LogP contribution in [-0.4, -0.2) is 26.8 Å². The summed E-state index contributed by atoms with van der Waals surface area (Å²) in [7, 11) is 0. The molecule has 0 bridgehead atoms. The fourth-order valence-electron chi connectivity index (χ4n) is 2.19. The SMILES string of the molecule is O=C1C=CC(=O)N1Nc1ncnc2scc(-c3cccs3)c12. The average molecular weight is 328 g/mol. The molecule has 0 fully saturated rings. The van der Waals surface area contributed by atoms with Gasteiger partial charge in [-0.25, -0.2) is 9.97 Å². The molecule has 3 aromatic rings. The predicted octanol–water partition coefficient (Wildman–Crippen LogP) is 2.67. The molecule has 0 saturated carbocycles. The van der Waals surface area contributed by atoms with Gasteiger partial charge in [0.2, 0.25) is 0 Å². The molecule has 2 amide bonds. The molecule has 22 heavy (non-hydrogen) atoms. The Hall–Kier alpha value is -2.58. The Morgan fingerprint density at radius 3 is 2.64 bits per heavy atom. The van der Waals surface area contributed by atoms with Crippen molar-refractivity contribution in [3.05, 3.63) is 41.4 Å². The van der Waals surface area contributed by atoms with Crippen LogP contribution in [0.4, 0.5) is 5.82 Å². The second-order valence-corrected chi connectivity index (χ2v) is 6.29. The van der Waals surface area contributed by atoms with E-state index >= 15 is 0 Å². The van der Waals surface area contributed by atoms with Gasteiger partial charge in [0.05, 0.1) is 5.39 Å². The van der Waals surface area contributed by atoms with E-state index in [1.54, 1.807) is 11.3 Å². The zero-order chi connectivity index (χ0) is 15.1. The van der Waals surface area contributed by atoms with E-state index in [0.717, 1.165) is 25.7 Å². The topological polar surface area (TPSA) is 75.2 Å². The van der Waals surface area contributed by atoms with Crippen LogP contribution in [-0.2, 0) is 9.59 Å². The van der Waals surface area contributed by atoms with Crippen molar-refractivity contribution in [2.75, 3.05) is 5.43 Å². The van der Waals surface area contributed by atoms with Crippen molar-refractivity contribution in [1.29, 1.82) is 0 Å². The van der Waals surface area contributed by atoms with Gasteiger partial charge in [0.1, 0.15) is 11.2 Å². The van der Waals surface area contributed by atoms with Gasteiger partial charge in [0.15, 0.2) is 5.82 Å². The van der Waals surface area contributed by atoms with Gasteiger partial charge in [-0.3, -0.25) is 15.0 Å². The zero-order valence-electron chi connectivity index (χ0n) is 11.0. The van der Waals surface area contributed by atoms with Crippen LogP contribution in [0.1, 0.15) is 0 Å². The third-order valence-corrected chi connectivity index (χ3v) is 4.97. The van der Waals surface area contributed by atoms with Gasteiger partial charge in [-0.2, -0.15) is 5.01 Å². The Morgan fingerprint density at radius 1 is 1.09 bits per heavy atom. The maximum atomic E-state index is 11.7. The van der Waals surface area contributed by atoms with E-state index in [2.05, 4.69) is 15.4 Å². The van der Waals surface area contributed by atoms with E-state index in [9.17, 15) is 9.59 Å². The molecule has 1 N–H and O–H groups in total. The molecule has 108 valence electrons. The first-order chi connectivity index (χ1) is 10.7. The molecular weight excluding hydrogens is 320 g/mol. The van der Waals surface area contributed by atoms with Crippen LogP contribution in [0.15, 0.2) is 41.4 Å². The van der Waals surface area contributed by atoms with Gasteiger partial charge in [-0.15, -0.1) is 22.7 Å². The molecule has 6 nitrogen and oxygen atoms in total. The molecule has 0 atom stereocenters. The highest BCUT2D eigenvalue weighted by Crippen LogP contribution is 2.38. The molecule has 0 saturated heterocycles. The lowest BCUT2D eigenvalue weighted by Gasteiger charge is -2.16. The third kappa shape index (κ3) is 2.00.